The summed E-state index contributed by atoms with van der Waals surface area (Å²) < 4.78 is 28.0. The average Bonchev–Trinajstić information content (AvgIpc) is 3.26. The number of hydrogen-bond donors (Lipinski definition) is 1. The van der Waals surface area contributed by atoms with Crippen molar-refractivity contribution in [2.75, 3.05) is 19.0 Å². The molecule has 2 saturated carbocycles. The maximum Gasteiger partial charge on any atom is 0.163 e. The summed E-state index contributed by atoms with van der Waals surface area (Å²) in [6.07, 6.45) is 4.33. The Morgan fingerprint density at radius 2 is 1.89 bits per heavy atom. The summed E-state index contributed by atoms with van der Waals surface area (Å²) in [5.41, 5.74) is 2.64. The molecule has 0 spiro atoms. The molecule has 11 heteroatoms. The van der Waals surface area contributed by atoms with Gasteiger partial charge in [0.15, 0.2) is 5.79 Å². The fourth-order valence-electron chi connectivity index (χ4n) is 7.11. The van der Waals surface area contributed by atoms with Crippen LogP contribution in [0.3, 0.4) is 0 Å². The molecule has 0 bridgehead atoms. The molecule has 5 atom stereocenters. The minimum absolute atomic E-state index is 0.0591. The van der Waals surface area contributed by atoms with Crippen molar-refractivity contribution in [2.24, 2.45) is 11.3 Å². The van der Waals surface area contributed by atoms with E-state index in [0.29, 0.717) is 24.2 Å². The molecule has 2 aliphatic carbocycles. The van der Waals surface area contributed by atoms with Crippen LogP contribution in [0.2, 0.25) is 5.15 Å². The van der Waals surface area contributed by atoms with Crippen LogP contribution in [-0.2, 0) is 16.0 Å². The average molecular weight is 677 g/mol. The number of rotatable bonds is 8. The predicted molar refractivity (Wildman–Crippen MR) is 171 cm³/mol. The highest BCUT2D eigenvalue weighted by atomic mass is 79.9. The smallest absolute Gasteiger partial charge is 0.163 e. The monoisotopic (exact) mass is 675 g/mol. The van der Waals surface area contributed by atoms with Crippen LogP contribution >= 0.6 is 27.5 Å². The van der Waals surface area contributed by atoms with Crippen LogP contribution < -0.4 is 14.8 Å². The van der Waals surface area contributed by atoms with Crippen molar-refractivity contribution in [1.82, 2.24) is 19.5 Å². The van der Waals surface area contributed by atoms with Gasteiger partial charge < -0.3 is 28.8 Å². The molecular formula is C33H31BrClN5O4. The van der Waals surface area contributed by atoms with E-state index in [4.69, 9.17) is 35.5 Å². The summed E-state index contributed by atoms with van der Waals surface area (Å²) in [5.74, 6) is 2.02. The number of fused-ring (bicyclic) bond motifs is 5. The summed E-state index contributed by atoms with van der Waals surface area (Å²) in [6.45, 7) is 5.12. The Hall–Kier alpha value is -3.44. The second kappa shape index (κ2) is 10.3. The van der Waals surface area contributed by atoms with Gasteiger partial charge >= 0.3 is 0 Å². The lowest BCUT2D eigenvalue weighted by molar-refractivity contribution is -0.162. The molecule has 44 heavy (non-hydrogen) atoms. The van der Waals surface area contributed by atoms with Gasteiger partial charge in [-0.1, -0.05) is 23.7 Å². The molecule has 1 N–H and O–H groups in total. The number of benzene rings is 2. The largest absolute Gasteiger partial charge is 0.497 e. The van der Waals surface area contributed by atoms with Gasteiger partial charge in [-0.15, -0.1) is 0 Å². The number of ether oxygens (including phenoxy) is 4. The van der Waals surface area contributed by atoms with Crippen molar-refractivity contribution in [3.8, 4) is 11.5 Å². The Labute approximate surface area is 268 Å². The van der Waals surface area contributed by atoms with E-state index in [-0.39, 0.29) is 23.7 Å². The van der Waals surface area contributed by atoms with Crippen LogP contribution in [0.25, 0.3) is 21.9 Å². The van der Waals surface area contributed by atoms with Gasteiger partial charge in [0.1, 0.15) is 40.5 Å². The van der Waals surface area contributed by atoms with Crippen molar-refractivity contribution >= 4 is 55.3 Å². The molecule has 3 fully saturated rings. The first-order valence-corrected chi connectivity index (χ1v) is 15.8. The number of anilines is 1. The number of halogens is 2. The van der Waals surface area contributed by atoms with E-state index in [1.165, 1.54) is 6.33 Å². The third kappa shape index (κ3) is 4.62. The molecular weight excluding hydrogens is 646 g/mol. The Morgan fingerprint density at radius 3 is 2.70 bits per heavy atom. The van der Waals surface area contributed by atoms with Gasteiger partial charge in [-0.05, 0) is 84.1 Å². The first kappa shape index (κ1) is 28.1. The Morgan fingerprint density at radius 1 is 1.07 bits per heavy atom. The maximum absolute atomic E-state index is 6.55. The van der Waals surface area contributed by atoms with Gasteiger partial charge in [-0.25, -0.2) is 15.0 Å². The number of pyridine rings is 1. The van der Waals surface area contributed by atoms with E-state index in [2.05, 4.69) is 41.8 Å². The van der Waals surface area contributed by atoms with E-state index in [9.17, 15) is 0 Å². The molecule has 9 nitrogen and oxygen atoms in total. The highest BCUT2D eigenvalue weighted by molar-refractivity contribution is 9.10. The number of aromatic nitrogens is 4. The molecule has 0 radical (unpaired) electrons. The van der Waals surface area contributed by atoms with Gasteiger partial charge in [0.2, 0.25) is 0 Å². The zero-order valence-electron chi connectivity index (χ0n) is 24.5. The van der Waals surface area contributed by atoms with Crippen LogP contribution in [0, 0.1) is 11.3 Å². The van der Waals surface area contributed by atoms with Gasteiger partial charge in [0.05, 0.1) is 41.2 Å². The minimum Gasteiger partial charge on any atom is -0.497 e. The number of nitrogens with zero attached hydrogens (tertiary/aromatic N) is 4. The molecule has 4 heterocycles. The normalized spacial score (nSPS) is 26.5. The van der Waals surface area contributed by atoms with Crippen molar-refractivity contribution in [3.63, 3.8) is 0 Å². The van der Waals surface area contributed by atoms with E-state index in [0.717, 1.165) is 55.7 Å². The highest BCUT2D eigenvalue weighted by Gasteiger charge is 2.76. The van der Waals surface area contributed by atoms with Gasteiger partial charge in [-0.3, -0.25) is 0 Å². The highest BCUT2D eigenvalue weighted by Crippen LogP contribution is 2.71. The lowest BCUT2D eigenvalue weighted by Crippen LogP contribution is -2.34. The second-order valence-electron chi connectivity index (χ2n) is 12.3. The molecule has 226 valence electrons. The SMILES string of the molecule is COc1ccc(CNc2nc3cc(OC[C@@]45C[C@@H]4[C@@H](n4ccc6c(Cl)ncnc64)[C@@H]4OC(C)(C)O[C@@H]45)ccc3cc2Br)cc1. The van der Waals surface area contributed by atoms with Crippen molar-refractivity contribution in [1.29, 1.82) is 0 Å². The van der Waals surface area contributed by atoms with E-state index in [1.807, 2.05) is 68.6 Å². The van der Waals surface area contributed by atoms with Crippen LogP contribution in [0.5, 0.6) is 11.5 Å². The second-order valence-corrected chi connectivity index (χ2v) is 13.6. The van der Waals surface area contributed by atoms with Crippen molar-refractivity contribution in [2.45, 2.75) is 50.8 Å². The van der Waals surface area contributed by atoms with Gasteiger partial charge in [-0.2, -0.15) is 0 Å². The first-order chi connectivity index (χ1) is 21.2. The molecule has 8 rings (SSSR count). The Balaban J connectivity index is 1.03. The summed E-state index contributed by atoms with van der Waals surface area (Å²) in [4.78, 5) is 13.6. The summed E-state index contributed by atoms with van der Waals surface area (Å²) in [6, 6.07) is 18.2. The standard InChI is InChI=1S/C33H31BrClN5O4/c1-32(2)43-27-26(40-11-10-22-29(35)37-17-38-31(22)40)23-14-33(23,28(27)44-32)16-42-21-9-6-19-12-24(34)30(39-25(19)13-21)36-15-18-4-7-20(41-3)8-5-18/h4-13,17,23,26-28H,14-16H2,1-3H3,(H,36,39)/t23-,26-,27+,28+,33+/m1/s1. The first-order valence-electron chi connectivity index (χ1n) is 14.7. The molecule has 1 aliphatic heterocycles. The quantitative estimate of drug-likeness (QED) is 0.173. The van der Waals surface area contributed by atoms with Gasteiger partial charge in [0.25, 0.3) is 0 Å². The summed E-state index contributed by atoms with van der Waals surface area (Å²) in [5, 5.41) is 5.76. The zero-order valence-corrected chi connectivity index (χ0v) is 26.8. The minimum atomic E-state index is -0.681. The molecule has 1 saturated heterocycles. The predicted octanol–water partition coefficient (Wildman–Crippen LogP) is 7.18. The van der Waals surface area contributed by atoms with Crippen molar-refractivity contribution in [3.05, 3.63) is 82.3 Å². The summed E-state index contributed by atoms with van der Waals surface area (Å²) in [7, 11) is 1.67. The molecule has 3 aliphatic rings. The fourth-order valence-corrected chi connectivity index (χ4v) is 7.78. The van der Waals surface area contributed by atoms with Crippen molar-refractivity contribution < 1.29 is 18.9 Å². The van der Waals surface area contributed by atoms with Crippen LogP contribution in [-0.4, -0.2) is 51.2 Å². The lowest BCUT2D eigenvalue weighted by Gasteiger charge is -2.24. The van der Waals surface area contributed by atoms with E-state index in [1.54, 1.807) is 7.11 Å². The van der Waals surface area contributed by atoms with E-state index >= 15 is 0 Å². The zero-order chi connectivity index (χ0) is 30.2. The summed E-state index contributed by atoms with van der Waals surface area (Å²) >= 11 is 10.1. The van der Waals surface area contributed by atoms with Crippen LogP contribution in [0.15, 0.2) is 71.6 Å². The third-order valence-electron chi connectivity index (χ3n) is 9.27. The maximum atomic E-state index is 6.55. The Bertz CT molecular complexity index is 1900. The lowest BCUT2D eigenvalue weighted by atomic mass is 10.0. The van der Waals surface area contributed by atoms with Crippen LogP contribution in [0.4, 0.5) is 5.82 Å². The number of nitrogens with one attached hydrogen (secondary N) is 1. The molecule has 2 aromatic carbocycles. The number of methoxy groups -OCH3 is 1. The molecule has 0 amide bonds. The fraction of sp³-hybridized carbons (Fsp3) is 0.364. The Kier molecular flexibility index (Phi) is 6.57. The molecule has 3 aromatic heterocycles. The van der Waals surface area contributed by atoms with E-state index < -0.39 is 5.79 Å². The molecule has 0 unspecified atom stereocenters. The third-order valence-corrected chi connectivity index (χ3v) is 10.2. The number of hydrogen-bond acceptors (Lipinski definition) is 8. The van der Waals surface area contributed by atoms with Gasteiger partial charge in [0, 0.05) is 29.6 Å². The topological polar surface area (TPSA) is 92.6 Å². The molecule has 5 aromatic rings. The van der Waals surface area contributed by atoms with Crippen LogP contribution in [0.1, 0.15) is 31.9 Å².